The molecule has 0 aliphatic rings. The van der Waals surface area contributed by atoms with Gasteiger partial charge in [0.15, 0.2) is 0 Å². The molecule has 0 unspecified atom stereocenters. The lowest BCUT2D eigenvalue weighted by Crippen LogP contribution is -1.88. The lowest BCUT2D eigenvalue weighted by Gasteiger charge is -2.07. The molecule has 4 aromatic carbocycles. The van der Waals surface area contributed by atoms with E-state index in [0.29, 0.717) is 5.02 Å². The van der Waals surface area contributed by atoms with Gasteiger partial charge in [0.05, 0.1) is 5.69 Å². The highest BCUT2D eigenvalue weighted by atomic mass is 35.5. The first-order valence-electron chi connectivity index (χ1n) is 7.51. The monoisotopic (exact) mass is 315 g/mol. The largest absolute Gasteiger partial charge is 0.256 e. The molecule has 0 amide bonds. The summed E-state index contributed by atoms with van der Waals surface area (Å²) in [7, 11) is 0. The van der Waals surface area contributed by atoms with Crippen LogP contribution in [0.2, 0.25) is 5.02 Å². The van der Waals surface area contributed by atoms with Crippen molar-refractivity contribution in [3.8, 4) is 0 Å². The van der Waals surface area contributed by atoms with E-state index in [1.165, 1.54) is 21.5 Å². The van der Waals surface area contributed by atoms with E-state index in [0.717, 1.165) is 11.3 Å². The number of halogens is 1. The number of rotatable bonds is 2. The van der Waals surface area contributed by atoms with Gasteiger partial charge in [-0.1, -0.05) is 66.2 Å². The molecule has 4 aromatic rings. The Morgan fingerprint density at radius 1 is 0.696 bits per heavy atom. The van der Waals surface area contributed by atoms with Gasteiger partial charge in [-0.25, -0.2) is 0 Å². The molecule has 1 nitrogen and oxygen atoms in total. The molecule has 110 valence electrons. The summed E-state index contributed by atoms with van der Waals surface area (Å²) in [5.41, 5.74) is 1.99. The highest BCUT2D eigenvalue weighted by Crippen LogP contribution is 2.28. The Morgan fingerprint density at radius 2 is 1.35 bits per heavy atom. The van der Waals surface area contributed by atoms with Gasteiger partial charge in [-0.05, 0) is 45.8 Å². The average Bonchev–Trinajstić information content (AvgIpc) is 2.58. The zero-order valence-electron chi connectivity index (χ0n) is 12.4. The summed E-state index contributed by atoms with van der Waals surface area (Å²) in [6.07, 6.45) is 1.94. The third-order valence-corrected chi connectivity index (χ3v) is 4.20. The third kappa shape index (κ3) is 2.71. The number of aliphatic imine (C=N–C) groups is 1. The summed E-state index contributed by atoms with van der Waals surface area (Å²) >= 11 is 6.04. The van der Waals surface area contributed by atoms with E-state index in [-0.39, 0.29) is 0 Å². The topological polar surface area (TPSA) is 12.4 Å². The van der Waals surface area contributed by atoms with Crippen LogP contribution in [0.25, 0.3) is 21.5 Å². The fraction of sp³-hybridized carbons (Fsp3) is 0. The molecule has 0 aromatic heterocycles. The standard InChI is InChI=1S/C21H14ClN/c22-17-8-5-9-18(13-17)23-14-21-19-10-3-1-6-15(19)12-16-7-2-4-11-20(16)21/h1-14H. The number of fused-ring (bicyclic) bond motifs is 2. The molecule has 23 heavy (non-hydrogen) atoms. The fourth-order valence-corrected chi connectivity index (χ4v) is 3.07. The van der Waals surface area contributed by atoms with E-state index in [1.54, 1.807) is 0 Å². The lowest BCUT2D eigenvalue weighted by molar-refractivity contribution is 1.54. The summed E-state index contributed by atoms with van der Waals surface area (Å²) in [5.74, 6) is 0. The Kier molecular flexibility index (Phi) is 3.57. The summed E-state index contributed by atoms with van der Waals surface area (Å²) in [6.45, 7) is 0. The van der Waals surface area contributed by atoms with Gasteiger partial charge in [-0.3, -0.25) is 4.99 Å². The van der Waals surface area contributed by atoms with Crippen LogP contribution in [0, 0.1) is 0 Å². The Labute approximate surface area is 139 Å². The Bertz CT molecular complexity index is 980. The first kappa shape index (κ1) is 14.0. The molecule has 0 aliphatic heterocycles. The van der Waals surface area contributed by atoms with Gasteiger partial charge >= 0.3 is 0 Å². The van der Waals surface area contributed by atoms with Gasteiger partial charge in [0, 0.05) is 16.8 Å². The van der Waals surface area contributed by atoms with Crippen LogP contribution >= 0.6 is 11.6 Å². The summed E-state index contributed by atoms with van der Waals surface area (Å²) in [6, 6.07) is 26.6. The molecule has 0 spiro atoms. The van der Waals surface area contributed by atoms with Crippen LogP contribution in [0.5, 0.6) is 0 Å². The fourth-order valence-electron chi connectivity index (χ4n) is 2.88. The van der Waals surface area contributed by atoms with Crippen LogP contribution in [-0.4, -0.2) is 6.21 Å². The highest BCUT2D eigenvalue weighted by Gasteiger charge is 2.05. The number of hydrogen-bond acceptors (Lipinski definition) is 1. The summed E-state index contributed by atoms with van der Waals surface area (Å²) in [5, 5.41) is 5.55. The minimum absolute atomic E-state index is 0.697. The van der Waals surface area contributed by atoms with E-state index in [1.807, 2.05) is 30.5 Å². The Morgan fingerprint density at radius 3 is 2.00 bits per heavy atom. The first-order valence-corrected chi connectivity index (χ1v) is 7.89. The molecular formula is C21H14ClN. The normalized spacial score (nSPS) is 11.5. The maximum Gasteiger partial charge on any atom is 0.0644 e. The maximum absolute atomic E-state index is 6.04. The van der Waals surface area contributed by atoms with E-state index in [2.05, 4.69) is 59.6 Å². The van der Waals surface area contributed by atoms with Crippen LogP contribution < -0.4 is 0 Å². The van der Waals surface area contributed by atoms with Gasteiger partial charge in [-0.15, -0.1) is 0 Å². The number of nitrogens with zero attached hydrogens (tertiary/aromatic N) is 1. The predicted octanol–water partition coefficient (Wildman–Crippen LogP) is 6.40. The Hall–Kier alpha value is -2.64. The third-order valence-electron chi connectivity index (χ3n) is 3.96. The second-order valence-electron chi connectivity index (χ2n) is 5.47. The molecule has 4 rings (SSSR count). The van der Waals surface area contributed by atoms with Gasteiger partial charge < -0.3 is 0 Å². The van der Waals surface area contributed by atoms with Crippen molar-refractivity contribution < 1.29 is 0 Å². The summed E-state index contributed by atoms with van der Waals surface area (Å²) < 4.78 is 0. The van der Waals surface area contributed by atoms with E-state index in [4.69, 9.17) is 11.6 Å². The molecule has 2 heteroatoms. The minimum Gasteiger partial charge on any atom is -0.256 e. The van der Waals surface area contributed by atoms with Crippen molar-refractivity contribution in [1.82, 2.24) is 0 Å². The van der Waals surface area contributed by atoms with Crippen molar-refractivity contribution in [2.24, 2.45) is 4.99 Å². The molecule has 0 bridgehead atoms. The SMILES string of the molecule is Clc1cccc(N=Cc2c3ccccc3cc3ccccc23)c1. The molecule has 0 aliphatic carbocycles. The quantitative estimate of drug-likeness (QED) is 0.300. The van der Waals surface area contributed by atoms with E-state index < -0.39 is 0 Å². The van der Waals surface area contributed by atoms with Crippen molar-refractivity contribution >= 4 is 45.0 Å². The molecule has 0 heterocycles. The van der Waals surface area contributed by atoms with E-state index >= 15 is 0 Å². The van der Waals surface area contributed by atoms with Crippen LogP contribution in [0.1, 0.15) is 5.56 Å². The Balaban J connectivity index is 1.96. The molecule has 0 fully saturated rings. The molecule has 0 N–H and O–H groups in total. The molecule has 0 atom stereocenters. The van der Waals surface area contributed by atoms with Crippen LogP contribution in [0.3, 0.4) is 0 Å². The second-order valence-corrected chi connectivity index (χ2v) is 5.91. The molecule has 0 saturated heterocycles. The average molecular weight is 316 g/mol. The van der Waals surface area contributed by atoms with Crippen molar-refractivity contribution in [2.45, 2.75) is 0 Å². The number of benzene rings is 4. The zero-order chi connectivity index (χ0) is 15.6. The summed E-state index contributed by atoms with van der Waals surface area (Å²) in [4.78, 5) is 4.63. The van der Waals surface area contributed by atoms with Gasteiger partial charge in [0.2, 0.25) is 0 Å². The van der Waals surface area contributed by atoms with Gasteiger partial charge in [0.1, 0.15) is 0 Å². The van der Waals surface area contributed by atoms with Gasteiger partial charge in [-0.2, -0.15) is 0 Å². The van der Waals surface area contributed by atoms with E-state index in [9.17, 15) is 0 Å². The molecular weight excluding hydrogens is 302 g/mol. The van der Waals surface area contributed by atoms with Crippen molar-refractivity contribution in [3.63, 3.8) is 0 Å². The van der Waals surface area contributed by atoms with Crippen LogP contribution in [0.15, 0.2) is 83.9 Å². The van der Waals surface area contributed by atoms with Gasteiger partial charge in [0.25, 0.3) is 0 Å². The highest BCUT2D eigenvalue weighted by molar-refractivity contribution is 6.30. The predicted molar refractivity (Wildman–Crippen MR) is 100 cm³/mol. The second kappa shape index (κ2) is 5.86. The number of hydrogen-bond donors (Lipinski definition) is 0. The zero-order valence-corrected chi connectivity index (χ0v) is 13.2. The van der Waals surface area contributed by atoms with Crippen molar-refractivity contribution in [3.05, 3.63) is 89.4 Å². The van der Waals surface area contributed by atoms with Crippen molar-refractivity contribution in [1.29, 1.82) is 0 Å². The molecule has 0 saturated carbocycles. The van der Waals surface area contributed by atoms with Crippen LogP contribution in [0.4, 0.5) is 5.69 Å². The maximum atomic E-state index is 6.04. The van der Waals surface area contributed by atoms with Crippen LogP contribution in [-0.2, 0) is 0 Å². The minimum atomic E-state index is 0.697. The lowest BCUT2D eigenvalue weighted by atomic mass is 9.97. The first-order chi connectivity index (χ1) is 11.3. The van der Waals surface area contributed by atoms with Crippen molar-refractivity contribution in [2.75, 3.05) is 0 Å². The smallest absolute Gasteiger partial charge is 0.0644 e. The molecule has 0 radical (unpaired) electrons.